The number of rotatable bonds is 34. The Morgan fingerprint density at radius 1 is 0.717 bits per heavy atom. The van der Waals surface area contributed by atoms with Gasteiger partial charge in [-0.1, -0.05) is 127 Å². The molecule has 0 spiro atoms. The van der Waals surface area contributed by atoms with E-state index in [-0.39, 0.29) is 19.6 Å². The van der Waals surface area contributed by atoms with Crippen LogP contribution in [-0.2, 0) is 38.3 Å². The Kier molecular flexibility index (Phi) is 30.3. The molecule has 310 valence electrons. The van der Waals surface area contributed by atoms with Crippen LogP contribution in [0, 0.1) is 0 Å². The van der Waals surface area contributed by atoms with Gasteiger partial charge in [0.15, 0.2) is 6.29 Å². The SMILES string of the molecule is CCCCCCC/C=C\C/C=C\C/C=C\CCCCCCCCCCCOCC(COC1OC(CO)C(O)C(OS(=O)(=O)O)C1O)OC(=O)CCCC. The van der Waals surface area contributed by atoms with E-state index >= 15 is 0 Å². The highest BCUT2D eigenvalue weighted by molar-refractivity contribution is 7.80. The Hall–Kier alpha value is -1.68. The van der Waals surface area contributed by atoms with Gasteiger partial charge >= 0.3 is 16.4 Å². The van der Waals surface area contributed by atoms with Gasteiger partial charge in [0.05, 0.1) is 19.8 Å². The number of hydrogen-bond donors (Lipinski definition) is 4. The van der Waals surface area contributed by atoms with Crippen molar-refractivity contribution >= 4 is 16.4 Å². The Balaban J connectivity index is 2.19. The predicted octanol–water partition coefficient (Wildman–Crippen LogP) is 7.46. The van der Waals surface area contributed by atoms with Crippen molar-refractivity contribution in [3.05, 3.63) is 36.5 Å². The smallest absolute Gasteiger partial charge is 0.397 e. The number of unbranched alkanes of at least 4 members (excludes halogenated alkanes) is 15. The van der Waals surface area contributed by atoms with Crippen LogP contribution in [-0.4, -0.2) is 97.5 Å². The average Bonchev–Trinajstić information content (AvgIpc) is 3.13. The lowest BCUT2D eigenvalue weighted by Gasteiger charge is -2.41. The van der Waals surface area contributed by atoms with E-state index in [0.29, 0.717) is 13.0 Å². The lowest BCUT2D eigenvalue weighted by molar-refractivity contribution is -0.301. The number of carbonyl (C=O) groups excluding carboxylic acids is 1. The first-order valence-electron chi connectivity index (χ1n) is 20.2. The minimum atomic E-state index is -5.05. The first-order chi connectivity index (χ1) is 25.6. The second-order valence-electron chi connectivity index (χ2n) is 13.9. The van der Waals surface area contributed by atoms with E-state index in [1.807, 2.05) is 6.92 Å². The van der Waals surface area contributed by atoms with Gasteiger partial charge in [0.2, 0.25) is 0 Å². The van der Waals surface area contributed by atoms with Crippen LogP contribution in [0.3, 0.4) is 0 Å². The summed E-state index contributed by atoms with van der Waals surface area (Å²) in [5.41, 5.74) is 0. The first kappa shape index (κ1) is 49.3. The standard InChI is InChI=1S/C40H72O12S/c1-3-5-7-8-9-10-11-12-13-14-15-16-17-18-19-20-21-22-23-24-25-26-27-28-30-48-32-34(50-36(42)29-6-4-2)33-49-40-38(44)39(52-53(45,46)47)37(43)35(31-41)51-40/h11-12,14-15,17-18,34-35,37-41,43-44H,3-10,13,16,19-33H2,1-2H3,(H,45,46,47)/b12-11-,15-14-,18-17-. The molecule has 0 bridgehead atoms. The minimum Gasteiger partial charge on any atom is -0.457 e. The highest BCUT2D eigenvalue weighted by atomic mass is 32.3. The molecule has 12 nitrogen and oxygen atoms in total. The van der Waals surface area contributed by atoms with E-state index in [2.05, 4.69) is 47.6 Å². The molecule has 0 aromatic rings. The number of carbonyl (C=O) groups is 1. The highest BCUT2D eigenvalue weighted by Gasteiger charge is 2.48. The van der Waals surface area contributed by atoms with Gasteiger partial charge in [-0.3, -0.25) is 9.35 Å². The number of aliphatic hydroxyl groups is 3. The topological polar surface area (TPSA) is 178 Å². The van der Waals surface area contributed by atoms with E-state index in [1.54, 1.807) is 0 Å². The summed E-state index contributed by atoms with van der Waals surface area (Å²) in [6, 6.07) is 0. The molecule has 1 aliphatic heterocycles. The molecule has 0 radical (unpaired) electrons. The van der Waals surface area contributed by atoms with Crippen LogP contribution in [0.5, 0.6) is 0 Å². The van der Waals surface area contributed by atoms with Gasteiger partial charge < -0.3 is 34.3 Å². The van der Waals surface area contributed by atoms with Crippen molar-refractivity contribution in [2.75, 3.05) is 26.4 Å². The molecule has 13 heteroatoms. The molecule has 0 aliphatic carbocycles. The summed E-state index contributed by atoms with van der Waals surface area (Å²) < 4.78 is 58.2. The molecular weight excluding hydrogens is 704 g/mol. The van der Waals surface area contributed by atoms with Gasteiger partial charge in [-0.25, -0.2) is 4.18 Å². The van der Waals surface area contributed by atoms with Crippen molar-refractivity contribution < 1.29 is 56.2 Å². The number of hydrogen-bond acceptors (Lipinski definition) is 11. The maximum atomic E-state index is 12.3. The van der Waals surface area contributed by atoms with Crippen molar-refractivity contribution in [3.63, 3.8) is 0 Å². The third kappa shape index (κ3) is 26.7. The van der Waals surface area contributed by atoms with Gasteiger partial charge in [0, 0.05) is 13.0 Å². The van der Waals surface area contributed by atoms with Crippen LogP contribution >= 0.6 is 0 Å². The van der Waals surface area contributed by atoms with Crippen LogP contribution in [0.2, 0.25) is 0 Å². The molecule has 0 saturated carbocycles. The fourth-order valence-electron chi connectivity index (χ4n) is 5.89. The van der Waals surface area contributed by atoms with Crippen LogP contribution < -0.4 is 0 Å². The molecule has 53 heavy (non-hydrogen) atoms. The van der Waals surface area contributed by atoms with Crippen LogP contribution in [0.15, 0.2) is 36.5 Å². The van der Waals surface area contributed by atoms with Crippen LogP contribution in [0.25, 0.3) is 0 Å². The molecule has 0 aromatic carbocycles. The molecule has 6 atom stereocenters. The predicted molar refractivity (Wildman–Crippen MR) is 207 cm³/mol. The largest absolute Gasteiger partial charge is 0.457 e. The van der Waals surface area contributed by atoms with E-state index in [1.165, 1.54) is 77.0 Å². The molecule has 6 unspecified atom stereocenters. The number of aliphatic hydroxyl groups excluding tert-OH is 3. The van der Waals surface area contributed by atoms with Crippen molar-refractivity contribution in [2.45, 2.75) is 185 Å². The van der Waals surface area contributed by atoms with Gasteiger partial charge in [0.1, 0.15) is 30.5 Å². The molecule has 1 heterocycles. The Labute approximate surface area is 320 Å². The summed E-state index contributed by atoms with van der Waals surface area (Å²) in [6.45, 7) is 3.67. The Morgan fingerprint density at radius 2 is 1.25 bits per heavy atom. The van der Waals surface area contributed by atoms with E-state index in [4.69, 9.17) is 23.5 Å². The van der Waals surface area contributed by atoms with Crippen LogP contribution in [0.4, 0.5) is 0 Å². The fraction of sp³-hybridized carbons (Fsp3) is 0.825. The lowest BCUT2D eigenvalue weighted by atomic mass is 9.99. The summed E-state index contributed by atoms with van der Waals surface area (Å²) in [5.74, 6) is -0.438. The first-order valence-corrected chi connectivity index (χ1v) is 21.6. The van der Waals surface area contributed by atoms with Gasteiger partial charge in [-0.15, -0.1) is 0 Å². The molecule has 0 amide bonds. The summed E-state index contributed by atoms with van der Waals surface area (Å²) in [5, 5.41) is 30.3. The second kappa shape index (κ2) is 32.6. The summed E-state index contributed by atoms with van der Waals surface area (Å²) in [6.07, 6.45) is 27.6. The van der Waals surface area contributed by atoms with Gasteiger partial charge in [0.25, 0.3) is 0 Å². The molecule has 4 N–H and O–H groups in total. The number of allylic oxidation sites excluding steroid dienone is 6. The molecule has 1 saturated heterocycles. The molecular formula is C40H72O12S. The van der Waals surface area contributed by atoms with E-state index in [0.717, 1.165) is 44.9 Å². The van der Waals surface area contributed by atoms with E-state index in [9.17, 15) is 28.5 Å². The second-order valence-corrected chi connectivity index (χ2v) is 14.9. The third-order valence-corrected chi connectivity index (χ3v) is 9.48. The monoisotopic (exact) mass is 776 g/mol. The summed E-state index contributed by atoms with van der Waals surface area (Å²) >= 11 is 0. The zero-order valence-corrected chi connectivity index (χ0v) is 33.4. The lowest BCUT2D eigenvalue weighted by Crippen LogP contribution is -2.60. The zero-order valence-electron chi connectivity index (χ0n) is 32.6. The number of esters is 1. The van der Waals surface area contributed by atoms with Crippen molar-refractivity contribution in [1.29, 1.82) is 0 Å². The normalized spacial score (nSPS) is 21.7. The maximum absolute atomic E-state index is 12.3. The summed E-state index contributed by atoms with van der Waals surface area (Å²) in [4.78, 5) is 12.3. The quantitative estimate of drug-likeness (QED) is 0.0220. The average molecular weight is 777 g/mol. The van der Waals surface area contributed by atoms with Gasteiger partial charge in [-0.2, -0.15) is 8.42 Å². The molecule has 1 aliphatic rings. The Bertz CT molecular complexity index is 1080. The molecule has 1 rings (SSSR count). The van der Waals surface area contributed by atoms with Crippen molar-refractivity contribution in [1.82, 2.24) is 0 Å². The van der Waals surface area contributed by atoms with E-state index < -0.39 is 59.8 Å². The fourth-order valence-corrected chi connectivity index (χ4v) is 6.40. The highest BCUT2D eigenvalue weighted by Crippen LogP contribution is 2.26. The van der Waals surface area contributed by atoms with Crippen molar-refractivity contribution in [3.8, 4) is 0 Å². The molecule has 1 fully saturated rings. The minimum absolute atomic E-state index is 0.0283. The number of ether oxygens (including phenoxy) is 4. The van der Waals surface area contributed by atoms with Gasteiger partial charge in [-0.05, 0) is 51.4 Å². The third-order valence-electron chi connectivity index (χ3n) is 9.02. The molecule has 0 aromatic heterocycles. The van der Waals surface area contributed by atoms with Crippen LogP contribution in [0.1, 0.15) is 149 Å². The maximum Gasteiger partial charge on any atom is 0.397 e. The zero-order chi connectivity index (χ0) is 39.0. The van der Waals surface area contributed by atoms with Crippen molar-refractivity contribution in [2.24, 2.45) is 0 Å². The summed E-state index contributed by atoms with van der Waals surface area (Å²) in [7, 11) is -5.05. The Morgan fingerprint density at radius 3 is 1.79 bits per heavy atom.